The Balaban J connectivity index is 1.16. The van der Waals surface area contributed by atoms with E-state index in [0.717, 1.165) is 54.3 Å². The summed E-state index contributed by atoms with van der Waals surface area (Å²) in [5.41, 5.74) is 5.10. The number of imidazole rings is 1. The number of nitrogens with zero attached hydrogens (tertiary/aromatic N) is 7. The second kappa shape index (κ2) is 8.95. The summed E-state index contributed by atoms with van der Waals surface area (Å²) in [6.07, 6.45) is 13.6. The number of aryl methyl sites for hydroxylation is 2. The van der Waals surface area contributed by atoms with E-state index in [4.69, 9.17) is 4.52 Å². The highest BCUT2D eigenvalue weighted by Gasteiger charge is 2.28. The monoisotopic (exact) mass is 511 g/mol. The molecule has 11 heteroatoms. The van der Waals surface area contributed by atoms with E-state index in [9.17, 15) is 4.79 Å². The van der Waals surface area contributed by atoms with Gasteiger partial charge in [-0.15, -0.1) is 0 Å². The van der Waals surface area contributed by atoms with E-state index in [2.05, 4.69) is 41.8 Å². The summed E-state index contributed by atoms with van der Waals surface area (Å²) >= 11 is 0. The third-order valence-electron chi connectivity index (χ3n) is 7.40. The fraction of sp³-hybridized carbons (Fsp3) is 0.370. The van der Waals surface area contributed by atoms with Gasteiger partial charge in [-0.2, -0.15) is 5.10 Å². The molecule has 1 amide bonds. The van der Waals surface area contributed by atoms with Crippen LogP contribution in [-0.4, -0.2) is 60.4 Å². The zero-order valence-corrected chi connectivity index (χ0v) is 21.4. The SMILES string of the molecule is Cc1cn2cc(NC(=O)c3ccc(N4CCC(NC5CC5)CC4)c4cn(C)nc34)nc2c(-c2cnoc2)n1. The molecule has 194 valence electrons. The van der Waals surface area contributed by atoms with Crippen LogP contribution in [-0.2, 0) is 7.05 Å². The van der Waals surface area contributed by atoms with Crippen molar-refractivity contribution in [3.8, 4) is 11.3 Å². The molecule has 11 nitrogen and oxygen atoms in total. The Morgan fingerprint density at radius 2 is 1.87 bits per heavy atom. The Kier molecular flexibility index (Phi) is 5.39. The standard InChI is InChI=1S/C27H29N9O2/c1-16-12-36-14-23(31-26(36)24(29-16)17-11-28-38-15-17)32-27(37)20-5-6-22(21-13-34(2)33-25(20)21)35-9-7-19(8-10-35)30-18-3-4-18/h5-6,11-15,18-19,30H,3-4,7-10H2,1-2H3,(H,32,37). The Morgan fingerprint density at radius 1 is 1.05 bits per heavy atom. The average molecular weight is 512 g/mol. The van der Waals surface area contributed by atoms with E-state index in [1.807, 2.05) is 36.8 Å². The molecule has 1 saturated heterocycles. The van der Waals surface area contributed by atoms with Crippen molar-refractivity contribution in [2.24, 2.45) is 7.05 Å². The van der Waals surface area contributed by atoms with Crippen molar-refractivity contribution >= 4 is 34.0 Å². The van der Waals surface area contributed by atoms with Crippen LogP contribution in [0, 0.1) is 6.92 Å². The van der Waals surface area contributed by atoms with E-state index >= 15 is 0 Å². The van der Waals surface area contributed by atoms with Crippen molar-refractivity contribution < 1.29 is 9.32 Å². The van der Waals surface area contributed by atoms with Crippen molar-refractivity contribution in [2.75, 3.05) is 23.3 Å². The molecule has 5 heterocycles. The fourth-order valence-electron chi connectivity index (χ4n) is 5.42. The largest absolute Gasteiger partial charge is 0.371 e. The first-order valence-electron chi connectivity index (χ1n) is 13.1. The van der Waals surface area contributed by atoms with Gasteiger partial charge in [-0.3, -0.25) is 9.48 Å². The van der Waals surface area contributed by atoms with Gasteiger partial charge in [-0.25, -0.2) is 9.97 Å². The molecule has 0 unspecified atom stereocenters. The molecule has 1 aliphatic heterocycles. The van der Waals surface area contributed by atoms with Crippen molar-refractivity contribution in [3.63, 3.8) is 0 Å². The summed E-state index contributed by atoms with van der Waals surface area (Å²) in [6, 6.07) is 5.26. The zero-order chi connectivity index (χ0) is 25.8. The van der Waals surface area contributed by atoms with Crippen LogP contribution in [0.15, 0.2) is 47.7 Å². The van der Waals surface area contributed by atoms with E-state index in [1.54, 1.807) is 17.1 Å². The number of rotatable bonds is 6. The quantitative estimate of drug-likeness (QED) is 0.355. The van der Waals surface area contributed by atoms with Gasteiger partial charge >= 0.3 is 0 Å². The third kappa shape index (κ3) is 4.18. The summed E-state index contributed by atoms with van der Waals surface area (Å²) in [5, 5.41) is 16.1. The van der Waals surface area contributed by atoms with E-state index in [-0.39, 0.29) is 5.91 Å². The van der Waals surface area contributed by atoms with Gasteiger partial charge in [0.15, 0.2) is 11.5 Å². The molecule has 1 aromatic carbocycles. The van der Waals surface area contributed by atoms with Crippen molar-refractivity contribution in [2.45, 2.75) is 44.7 Å². The van der Waals surface area contributed by atoms with Crippen LogP contribution < -0.4 is 15.5 Å². The normalized spacial score (nSPS) is 16.5. The first-order valence-corrected chi connectivity index (χ1v) is 13.1. The lowest BCUT2D eigenvalue weighted by atomic mass is 10.0. The maximum absolute atomic E-state index is 13.5. The minimum atomic E-state index is -0.257. The van der Waals surface area contributed by atoms with E-state index in [0.29, 0.717) is 34.3 Å². The molecule has 0 radical (unpaired) electrons. The average Bonchev–Trinajstić information content (AvgIpc) is 3.26. The molecule has 7 rings (SSSR count). The molecule has 2 N–H and O–H groups in total. The molecular formula is C27H29N9O2. The van der Waals surface area contributed by atoms with Gasteiger partial charge in [0.1, 0.15) is 17.5 Å². The Labute approximate surface area is 218 Å². The Bertz CT molecular complexity index is 1640. The zero-order valence-electron chi connectivity index (χ0n) is 21.4. The number of aromatic nitrogens is 6. The highest BCUT2D eigenvalue weighted by molar-refractivity contribution is 6.13. The molecule has 5 aromatic rings. The lowest BCUT2D eigenvalue weighted by Gasteiger charge is -2.34. The maximum Gasteiger partial charge on any atom is 0.259 e. The van der Waals surface area contributed by atoms with Gasteiger partial charge in [0.05, 0.1) is 29.2 Å². The van der Waals surface area contributed by atoms with Crippen LogP contribution in [0.4, 0.5) is 11.5 Å². The van der Waals surface area contributed by atoms with Crippen molar-refractivity contribution in [1.29, 1.82) is 0 Å². The van der Waals surface area contributed by atoms with Gasteiger partial charge in [-0.1, -0.05) is 5.16 Å². The minimum absolute atomic E-state index is 0.257. The molecule has 2 aliphatic rings. The second-order valence-corrected chi connectivity index (χ2v) is 10.4. The van der Waals surface area contributed by atoms with E-state index < -0.39 is 0 Å². The number of fused-ring (bicyclic) bond motifs is 2. The minimum Gasteiger partial charge on any atom is -0.371 e. The fourth-order valence-corrected chi connectivity index (χ4v) is 5.42. The number of anilines is 2. The summed E-state index contributed by atoms with van der Waals surface area (Å²) in [4.78, 5) is 25.1. The lowest BCUT2D eigenvalue weighted by molar-refractivity contribution is 0.102. The van der Waals surface area contributed by atoms with E-state index in [1.165, 1.54) is 19.1 Å². The molecule has 4 aromatic heterocycles. The lowest BCUT2D eigenvalue weighted by Crippen LogP contribution is -2.43. The highest BCUT2D eigenvalue weighted by atomic mass is 16.5. The molecule has 0 spiro atoms. The highest BCUT2D eigenvalue weighted by Crippen LogP contribution is 2.32. The van der Waals surface area contributed by atoms with Gasteiger partial charge in [0.25, 0.3) is 5.91 Å². The number of hydrogen-bond donors (Lipinski definition) is 2. The number of piperidine rings is 1. The Hall–Kier alpha value is -4.25. The van der Waals surface area contributed by atoms with Crippen LogP contribution in [0.2, 0.25) is 0 Å². The van der Waals surface area contributed by atoms with Crippen LogP contribution in [0.1, 0.15) is 41.7 Å². The summed E-state index contributed by atoms with van der Waals surface area (Å²) in [5.74, 6) is 0.172. The molecule has 1 saturated carbocycles. The van der Waals surface area contributed by atoms with Gasteiger partial charge < -0.3 is 24.5 Å². The molecule has 0 bridgehead atoms. The maximum atomic E-state index is 13.5. The summed E-state index contributed by atoms with van der Waals surface area (Å²) in [6.45, 7) is 3.88. The van der Waals surface area contributed by atoms with Crippen molar-refractivity contribution in [1.82, 2.24) is 34.6 Å². The Morgan fingerprint density at radius 3 is 2.63 bits per heavy atom. The molecule has 1 aliphatic carbocycles. The third-order valence-corrected chi connectivity index (χ3v) is 7.40. The molecule has 38 heavy (non-hydrogen) atoms. The smallest absolute Gasteiger partial charge is 0.259 e. The van der Waals surface area contributed by atoms with Gasteiger partial charge in [0, 0.05) is 55.7 Å². The predicted molar refractivity (Wildman–Crippen MR) is 143 cm³/mol. The number of carbonyl (C=O) groups excluding carboxylic acids is 1. The van der Waals surface area contributed by atoms with Crippen LogP contribution in [0.25, 0.3) is 27.8 Å². The van der Waals surface area contributed by atoms with Gasteiger partial charge in [0.2, 0.25) is 0 Å². The number of carbonyl (C=O) groups is 1. The number of hydrogen-bond acceptors (Lipinski definition) is 8. The van der Waals surface area contributed by atoms with Crippen molar-refractivity contribution in [3.05, 3.63) is 54.4 Å². The summed E-state index contributed by atoms with van der Waals surface area (Å²) < 4.78 is 8.62. The van der Waals surface area contributed by atoms with Crippen LogP contribution in [0.3, 0.4) is 0 Å². The first-order chi connectivity index (χ1) is 18.5. The number of amides is 1. The second-order valence-electron chi connectivity index (χ2n) is 10.4. The predicted octanol–water partition coefficient (Wildman–Crippen LogP) is 3.55. The van der Waals surface area contributed by atoms with Gasteiger partial charge in [-0.05, 0) is 44.7 Å². The number of benzene rings is 1. The topological polar surface area (TPSA) is 118 Å². The summed E-state index contributed by atoms with van der Waals surface area (Å²) in [7, 11) is 1.89. The molecule has 0 atom stereocenters. The molecular weight excluding hydrogens is 482 g/mol. The van der Waals surface area contributed by atoms with Crippen LogP contribution >= 0.6 is 0 Å². The van der Waals surface area contributed by atoms with Crippen LogP contribution in [0.5, 0.6) is 0 Å². The number of nitrogens with one attached hydrogen (secondary N) is 2. The molecule has 2 fully saturated rings. The first kappa shape index (κ1) is 22.9.